The van der Waals surface area contributed by atoms with Crippen molar-refractivity contribution in [1.29, 1.82) is 0 Å². The first kappa shape index (κ1) is 17.2. The van der Waals surface area contributed by atoms with Crippen LogP contribution >= 0.6 is 0 Å². The Kier molecular flexibility index (Phi) is 5.52. The molecule has 23 heavy (non-hydrogen) atoms. The van der Waals surface area contributed by atoms with E-state index >= 15 is 0 Å². The molecule has 0 amide bonds. The zero-order valence-electron chi connectivity index (χ0n) is 14.0. The van der Waals surface area contributed by atoms with E-state index < -0.39 is 11.2 Å². The van der Waals surface area contributed by atoms with Gasteiger partial charge in [-0.3, -0.25) is 18.7 Å². The standard InChI is InChI=1S/C16H24N4O3/c1-4-6-8-18-11-17-14-13(18)15(22)20(10-12(3)21)16(23)19(14)9-7-5-2/h11H,4-10H2,1-3H3. The van der Waals surface area contributed by atoms with Crippen molar-refractivity contribution in [2.24, 2.45) is 0 Å². The van der Waals surface area contributed by atoms with Crippen LogP contribution in [0.5, 0.6) is 0 Å². The third kappa shape index (κ3) is 3.43. The van der Waals surface area contributed by atoms with E-state index in [2.05, 4.69) is 11.9 Å². The van der Waals surface area contributed by atoms with Crippen molar-refractivity contribution < 1.29 is 4.79 Å². The molecule has 0 unspecified atom stereocenters. The SMILES string of the molecule is CCCCn1cnc2c1c(=O)n(CC(C)=O)c(=O)n2CCCC. The minimum atomic E-state index is -0.452. The van der Waals surface area contributed by atoms with E-state index in [0.717, 1.165) is 30.3 Å². The Morgan fingerprint density at radius 1 is 1.09 bits per heavy atom. The second-order valence-corrected chi connectivity index (χ2v) is 5.84. The topological polar surface area (TPSA) is 78.9 Å². The Balaban J connectivity index is 2.71. The summed E-state index contributed by atoms with van der Waals surface area (Å²) in [6, 6.07) is 0. The Labute approximate surface area is 134 Å². The summed E-state index contributed by atoms with van der Waals surface area (Å²) in [5, 5.41) is 0. The minimum absolute atomic E-state index is 0.196. The summed E-state index contributed by atoms with van der Waals surface area (Å²) >= 11 is 0. The second kappa shape index (κ2) is 7.39. The van der Waals surface area contributed by atoms with Gasteiger partial charge in [0.2, 0.25) is 0 Å². The first-order valence-corrected chi connectivity index (χ1v) is 8.19. The van der Waals surface area contributed by atoms with Crippen molar-refractivity contribution in [2.45, 2.75) is 66.1 Å². The first-order chi connectivity index (χ1) is 11.0. The highest BCUT2D eigenvalue weighted by molar-refractivity contribution is 5.76. The van der Waals surface area contributed by atoms with Crippen LogP contribution in [-0.2, 0) is 24.4 Å². The molecule has 2 aromatic rings. The summed E-state index contributed by atoms with van der Waals surface area (Å²) in [4.78, 5) is 41.0. The van der Waals surface area contributed by atoms with E-state index in [1.54, 1.807) is 10.9 Å². The molecule has 0 aliphatic heterocycles. The van der Waals surface area contributed by atoms with Gasteiger partial charge in [-0.05, 0) is 19.8 Å². The van der Waals surface area contributed by atoms with E-state index in [1.807, 2.05) is 6.92 Å². The Morgan fingerprint density at radius 3 is 2.35 bits per heavy atom. The number of Topliss-reactive ketones (excluding diaryl/α,β-unsaturated/α-hetero) is 1. The van der Waals surface area contributed by atoms with Gasteiger partial charge in [0.15, 0.2) is 11.2 Å². The summed E-state index contributed by atoms with van der Waals surface area (Å²) in [7, 11) is 0. The maximum absolute atomic E-state index is 12.7. The summed E-state index contributed by atoms with van der Waals surface area (Å²) in [5.74, 6) is -0.217. The highest BCUT2D eigenvalue weighted by Gasteiger charge is 2.18. The van der Waals surface area contributed by atoms with Gasteiger partial charge in [-0.1, -0.05) is 26.7 Å². The van der Waals surface area contributed by atoms with Crippen LogP contribution in [0.15, 0.2) is 15.9 Å². The van der Waals surface area contributed by atoms with E-state index in [-0.39, 0.29) is 12.3 Å². The van der Waals surface area contributed by atoms with Crippen LogP contribution in [0.2, 0.25) is 0 Å². The summed E-state index contributed by atoms with van der Waals surface area (Å²) in [5.41, 5.74) is -0.0480. The predicted octanol–water partition coefficient (Wildman–Crippen LogP) is 1.55. The molecule has 2 rings (SSSR count). The van der Waals surface area contributed by atoms with Crippen LogP contribution in [0, 0.1) is 0 Å². The van der Waals surface area contributed by atoms with Crippen molar-refractivity contribution in [2.75, 3.05) is 0 Å². The number of carbonyl (C=O) groups is 1. The lowest BCUT2D eigenvalue weighted by Gasteiger charge is -2.11. The largest absolute Gasteiger partial charge is 0.333 e. The number of ketones is 1. The summed E-state index contributed by atoms with van der Waals surface area (Å²) in [6.45, 7) is 6.46. The molecule has 7 heteroatoms. The van der Waals surface area contributed by atoms with Gasteiger partial charge in [0.1, 0.15) is 5.78 Å². The monoisotopic (exact) mass is 320 g/mol. The third-order valence-electron chi connectivity index (χ3n) is 3.85. The van der Waals surface area contributed by atoms with E-state index in [9.17, 15) is 14.4 Å². The van der Waals surface area contributed by atoms with Gasteiger partial charge in [-0.15, -0.1) is 0 Å². The maximum Gasteiger partial charge on any atom is 0.333 e. The quantitative estimate of drug-likeness (QED) is 0.739. The second-order valence-electron chi connectivity index (χ2n) is 5.84. The maximum atomic E-state index is 12.7. The van der Waals surface area contributed by atoms with Gasteiger partial charge in [0.05, 0.1) is 12.9 Å². The van der Waals surface area contributed by atoms with Crippen LogP contribution in [0.1, 0.15) is 46.5 Å². The Morgan fingerprint density at radius 2 is 1.74 bits per heavy atom. The van der Waals surface area contributed by atoms with E-state index in [0.29, 0.717) is 24.3 Å². The van der Waals surface area contributed by atoms with Crippen molar-refractivity contribution in [3.05, 3.63) is 27.2 Å². The molecule has 0 aromatic carbocycles. The van der Waals surface area contributed by atoms with Crippen LogP contribution in [-0.4, -0.2) is 24.5 Å². The van der Waals surface area contributed by atoms with Crippen molar-refractivity contribution in [3.8, 4) is 0 Å². The molecule has 0 N–H and O–H groups in total. The zero-order valence-corrected chi connectivity index (χ0v) is 14.0. The number of imidazole rings is 1. The molecule has 0 bridgehead atoms. The molecule has 7 nitrogen and oxygen atoms in total. The predicted molar refractivity (Wildman–Crippen MR) is 88.8 cm³/mol. The number of nitrogens with zero attached hydrogens (tertiary/aromatic N) is 4. The lowest BCUT2D eigenvalue weighted by molar-refractivity contribution is -0.117. The highest BCUT2D eigenvalue weighted by atomic mass is 16.2. The van der Waals surface area contributed by atoms with Gasteiger partial charge in [0.25, 0.3) is 5.56 Å². The van der Waals surface area contributed by atoms with Crippen molar-refractivity contribution >= 4 is 16.9 Å². The number of hydrogen-bond donors (Lipinski definition) is 0. The number of fused-ring (bicyclic) bond motifs is 1. The van der Waals surface area contributed by atoms with Gasteiger partial charge in [0, 0.05) is 13.1 Å². The molecule has 0 aliphatic carbocycles. The lowest BCUT2D eigenvalue weighted by atomic mass is 10.3. The fourth-order valence-electron chi connectivity index (χ4n) is 2.62. The smallest absolute Gasteiger partial charge is 0.325 e. The molecule has 126 valence electrons. The average molecular weight is 320 g/mol. The highest BCUT2D eigenvalue weighted by Crippen LogP contribution is 2.09. The lowest BCUT2D eigenvalue weighted by Crippen LogP contribution is -2.42. The Hall–Kier alpha value is -2.18. The molecule has 0 saturated carbocycles. The average Bonchev–Trinajstić information content (AvgIpc) is 2.93. The number of hydrogen-bond acceptors (Lipinski definition) is 4. The van der Waals surface area contributed by atoms with Crippen LogP contribution in [0.25, 0.3) is 11.2 Å². The molecular formula is C16H24N4O3. The van der Waals surface area contributed by atoms with Crippen LogP contribution in [0.4, 0.5) is 0 Å². The molecule has 0 fully saturated rings. The molecule has 2 aromatic heterocycles. The fourth-order valence-corrected chi connectivity index (χ4v) is 2.62. The normalized spacial score (nSPS) is 11.3. The number of carbonyl (C=O) groups excluding carboxylic acids is 1. The van der Waals surface area contributed by atoms with Crippen LogP contribution in [0.3, 0.4) is 0 Å². The molecule has 0 aliphatic rings. The van der Waals surface area contributed by atoms with Crippen molar-refractivity contribution in [3.63, 3.8) is 0 Å². The molecular weight excluding hydrogens is 296 g/mol. The molecule has 0 saturated heterocycles. The third-order valence-corrected chi connectivity index (χ3v) is 3.85. The number of aromatic nitrogens is 4. The van der Waals surface area contributed by atoms with Gasteiger partial charge in [-0.25, -0.2) is 9.78 Å². The summed E-state index contributed by atoms with van der Waals surface area (Å²) in [6.07, 6.45) is 5.27. The van der Waals surface area contributed by atoms with E-state index in [1.165, 1.54) is 11.5 Å². The molecule has 0 radical (unpaired) electrons. The minimum Gasteiger partial charge on any atom is -0.325 e. The van der Waals surface area contributed by atoms with Gasteiger partial charge < -0.3 is 4.57 Å². The first-order valence-electron chi connectivity index (χ1n) is 8.19. The molecule has 0 atom stereocenters. The zero-order chi connectivity index (χ0) is 17.0. The molecule has 0 spiro atoms. The Bertz CT molecular complexity index is 813. The van der Waals surface area contributed by atoms with Crippen molar-refractivity contribution in [1.82, 2.24) is 18.7 Å². The summed E-state index contributed by atoms with van der Waals surface area (Å²) < 4.78 is 4.34. The molecule has 2 heterocycles. The van der Waals surface area contributed by atoms with Gasteiger partial charge >= 0.3 is 5.69 Å². The van der Waals surface area contributed by atoms with Gasteiger partial charge in [-0.2, -0.15) is 0 Å². The van der Waals surface area contributed by atoms with E-state index in [4.69, 9.17) is 0 Å². The number of unbranched alkanes of at least 4 members (excludes halogenated alkanes) is 2. The van der Waals surface area contributed by atoms with Crippen LogP contribution < -0.4 is 11.2 Å². The fraction of sp³-hybridized carbons (Fsp3) is 0.625. The number of rotatable bonds is 8. The number of aryl methyl sites for hydroxylation is 2.